The van der Waals surface area contributed by atoms with Gasteiger partial charge >= 0.3 is 5.97 Å². The molecule has 0 radical (unpaired) electrons. The maximum Gasteiger partial charge on any atom is 0.308 e. The Hall–Kier alpha value is -1.49. The molecule has 98 valence electrons. The number of nitrogens with one attached hydrogen (secondary N) is 1. The molecule has 0 saturated carbocycles. The Kier molecular flexibility index (Phi) is 5.71. The van der Waals surface area contributed by atoms with Crippen molar-refractivity contribution < 1.29 is 14.7 Å². The van der Waals surface area contributed by atoms with Crippen LogP contribution in [0.1, 0.15) is 22.8 Å². The molecule has 0 saturated heterocycles. The number of carbonyl (C=O) groups excluding carboxylic acids is 1. The van der Waals surface area contributed by atoms with Crippen LogP contribution < -0.4 is 5.32 Å². The molecule has 0 aliphatic rings. The number of rotatable bonds is 6. The molecule has 18 heavy (non-hydrogen) atoms. The standard InChI is InChI=1S/C13H17NO3S/c1-9(13(16)17)7-14-12(15)11-5-3-10(4-6-11)8-18-2/h3-6,9H,7-8H2,1-2H3,(H,14,15)(H,16,17). The number of benzene rings is 1. The predicted molar refractivity (Wildman–Crippen MR) is 72.8 cm³/mol. The number of carboxylic acid groups (broad SMARTS) is 1. The monoisotopic (exact) mass is 267 g/mol. The van der Waals surface area contributed by atoms with Gasteiger partial charge in [-0.2, -0.15) is 11.8 Å². The Morgan fingerprint density at radius 3 is 2.44 bits per heavy atom. The van der Waals surface area contributed by atoms with Gasteiger partial charge in [0.05, 0.1) is 5.92 Å². The Labute approximate surface area is 111 Å². The van der Waals surface area contributed by atoms with Crippen LogP contribution in [-0.4, -0.2) is 29.8 Å². The highest BCUT2D eigenvalue weighted by Gasteiger charge is 2.12. The highest BCUT2D eigenvalue weighted by molar-refractivity contribution is 7.97. The smallest absolute Gasteiger partial charge is 0.308 e. The largest absolute Gasteiger partial charge is 0.481 e. The number of aliphatic carboxylic acids is 1. The first-order valence-corrected chi connectivity index (χ1v) is 7.03. The lowest BCUT2D eigenvalue weighted by atomic mass is 10.1. The zero-order chi connectivity index (χ0) is 13.5. The van der Waals surface area contributed by atoms with Gasteiger partial charge in [-0.1, -0.05) is 19.1 Å². The minimum Gasteiger partial charge on any atom is -0.481 e. The molecule has 0 heterocycles. The first kappa shape index (κ1) is 14.6. The van der Waals surface area contributed by atoms with Crippen molar-refractivity contribution in [3.8, 4) is 0 Å². The topological polar surface area (TPSA) is 66.4 Å². The zero-order valence-electron chi connectivity index (χ0n) is 10.5. The fourth-order valence-electron chi connectivity index (χ4n) is 1.35. The Balaban J connectivity index is 2.54. The van der Waals surface area contributed by atoms with Crippen LogP contribution in [0.4, 0.5) is 0 Å². The van der Waals surface area contributed by atoms with Gasteiger partial charge < -0.3 is 10.4 Å². The van der Waals surface area contributed by atoms with Crippen LogP contribution in [0.25, 0.3) is 0 Å². The van der Waals surface area contributed by atoms with Gasteiger partial charge in [0.2, 0.25) is 0 Å². The van der Waals surface area contributed by atoms with Crippen LogP contribution in [0.15, 0.2) is 24.3 Å². The van der Waals surface area contributed by atoms with Crippen LogP contribution in [-0.2, 0) is 10.5 Å². The zero-order valence-corrected chi connectivity index (χ0v) is 11.3. The summed E-state index contributed by atoms with van der Waals surface area (Å²) in [4.78, 5) is 22.3. The van der Waals surface area contributed by atoms with Crippen molar-refractivity contribution in [3.05, 3.63) is 35.4 Å². The molecule has 0 aromatic heterocycles. The van der Waals surface area contributed by atoms with Crippen molar-refractivity contribution in [1.82, 2.24) is 5.32 Å². The second-order valence-corrected chi connectivity index (χ2v) is 4.95. The molecule has 0 aliphatic carbocycles. The fraction of sp³-hybridized carbons (Fsp3) is 0.385. The van der Waals surface area contributed by atoms with E-state index in [1.165, 1.54) is 0 Å². The number of carboxylic acids is 1. The third-order valence-corrected chi connectivity index (χ3v) is 3.14. The second kappa shape index (κ2) is 7.06. The maximum absolute atomic E-state index is 11.7. The minimum atomic E-state index is -0.911. The first-order valence-electron chi connectivity index (χ1n) is 5.63. The summed E-state index contributed by atoms with van der Waals surface area (Å²) < 4.78 is 0. The van der Waals surface area contributed by atoms with Gasteiger partial charge in [-0.3, -0.25) is 9.59 Å². The second-order valence-electron chi connectivity index (χ2n) is 4.08. The summed E-state index contributed by atoms with van der Waals surface area (Å²) in [5, 5.41) is 11.3. The summed E-state index contributed by atoms with van der Waals surface area (Å²) >= 11 is 1.72. The highest BCUT2D eigenvalue weighted by Crippen LogP contribution is 2.10. The summed E-state index contributed by atoms with van der Waals surface area (Å²) in [5.74, 6) is -0.813. The van der Waals surface area contributed by atoms with Crippen LogP contribution in [0.2, 0.25) is 0 Å². The molecule has 1 aromatic carbocycles. The van der Waals surface area contributed by atoms with E-state index < -0.39 is 11.9 Å². The van der Waals surface area contributed by atoms with Crippen LogP contribution >= 0.6 is 11.8 Å². The molecule has 1 amide bonds. The van der Waals surface area contributed by atoms with E-state index >= 15 is 0 Å². The lowest BCUT2D eigenvalue weighted by Gasteiger charge is -2.08. The van der Waals surface area contributed by atoms with Crippen molar-refractivity contribution >= 4 is 23.6 Å². The molecule has 0 aliphatic heterocycles. The summed E-state index contributed by atoms with van der Waals surface area (Å²) in [6, 6.07) is 7.33. The summed E-state index contributed by atoms with van der Waals surface area (Å²) in [6.07, 6.45) is 2.02. The van der Waals surface area contributed by atoms with Gasteiger partial charge in [0.25, 0.3) is 5.91 Å². The molecule has 1 unspecified atom stereocenters. The van der Waals surface area contributed by atoms with Gasteiger partial charge in [0.15, 0.2) is 0 Å². The molecule has 0 bridgehead atoms. The number of thioether (sulfide) groups is 1. The fourth-order valence-corrected chi connectivity index (χ4v) is 1.88. The Bertz CT molecular complexity index is 417. The SMILES string of the molecule is CSCc1ccc(C(=O)NCC(C)C(=O)O)cc1. The van der Waals surface area contributed by atoms with E-state index in [4.69, 9.17) is 5.11 Å². The average Bonchev–Trinajstić information content (AvgIpc) is 2.36. The average molecular weight is 267 g/mol. The summed E-state index contributed by atoms with van der Waals surface area (Å²) in [5.41, 5.74) is 1.72. The van der Waals surface area contributed by atoms with Crippen molar-refractivity contribution in [2.45, 2.75) is 12.7 Å². The first-order chi connectivity index (χ1) is 8.54. The van der Waals surface area contributed by atoms with Gasteiger partial charge in [0, 0.05) is 17.9 Å². The third-order valence-electron chi connectivity index (χ3n) is 2.52. The lowest BCUT2D eigenvalue weighted by molar-refractivity contribution is -0.140. The molecule has 1 aromatic rings. The summed E-state index contributed by atoms with van der Waals surface area (Å²) in [7, 11) is 0. The molecule has 4 nitrogen and oxygen atoms in total. The van der Waals surface area contributed by atoms with E-state index in [1.807, 2.05) is 18.4 Å². The van der Waals surface area contributed by atoms with Gasteiger partial charge in [0.1, 0.15) is 0 Å². The quantitative estimate of drug-likeness (QED) is 0.827. The molecule has 2 N–H and O–H groups in total. The predicted octanol–water partition coefficient (Wildman–Crippen LogP) is 2.00. The molecule has 1 rings (SSSR count). The lowest BCUT2D eigenvalue weighted by Crippen LogP contribution is -2.31. The van der Waals surface area contributed by atoms with Crippen LogP contribution in [0, 0.1) is 5.92 Å². The van der Waals surface area contributed by atoms with E-state index in [1.54, 1.807) is 30.8 Å². The van der Waals surface area contributed by atoms with Crippen molar-refractivity contribution in [3.63, 3.8) is 0 Å². The van der Waals surface area contributed by atoms with Crippen molar-refractivity contribution in [2.75, 3.05) is 12.8 Å². The number of hydrogen-bond acceptors (Lipinski definition) is 3. The van der Waals surface area contributed by atoms with E-state index in [9.17, 15) is 9.59 Å². The van der Waals surface area contributed by atoms with E-state index in [0.717, 1.165) is 11.3 Å². The van der Waals surface area contributed by atoms with Crippen molar-refractivity contribution in [1.29, 1.82) is 0 Å². The third kappa shape index (κ3) is 4.41. The number of carbonyl (C=O) groups is 2. The van der Waals surface area contributed by atoms with Crippen molar-refractivity contribution in [2.24, 2.45) is 5.92 Å². The highest BCUT2D eigenvalue weighted by atomic mass is 32.2. The van der Waals surface area contributed by atoms with Gasteiger partial charge in [-0.25, -0.2) is 0 Å². The maximum atomic E-state index is 11.7. The van der Waals surface area contributed by atoms with E-state index in [0.29, 0.717) is 5.56 Å². The number of amides is 1. The normalized spacial score (nSPS) is 11.9. The van der Waals surface area contributed by atoms with Gasteiger partial charge in [-0.15, -0.1) is 0 Å². The van der Waals surface area contributed by atoms with Crippen LogP contribution in [0.5, 0.6) is 0 Å². The molecule has 0 fully saturated rings. The molecule has 1 atom stereocenters. The molecular formula is C13H17NO3S. The number of hydrogen-bond donors (Lipinski definition) is 2. The molecule has 5 heteroatoms. The molecular weight excluding hydrogens is 250 g/mol. The Morgan fingerprint density at radius 2 is 1.94 bits per heavy atom. The summed E-state index contributed by atoms with van der Waals surface area (Å²) in [6.45, 7) is 1.70. The van der Waals surface area contributed by atoms with E-state index in [-0.39, 0.29) is 12.5 Å². The Morgan fingerprint density at radius 1 is 1.33 bits per heavy atom. The van der Waals surface area contributed by atoms with Crippen LogP contribution in [0.3, 0.4) is 0 Å². The minimum absolute atomic E-state index is 0.140. The van der Waals surface area contributed by atoms with Gasteiger partial charge in [-0.05, 0) is 24.0 Å². The molecule has 0 spiro atoms. The van der Waals surface area contributed by atoms with E-state index in [2.05, 4.69) is 5.32 Å².